The second-order valence-corrected chi connectivity index (χ2v) is 5.49. The summed E-state index contributed by atoms with van der Waals surface area (Å²) in [5, 5.41) is 9.55. The van der Waals surface area contributed by atoms with Gasteiger partial charge in [0, 0.05) is 6.54 Å². The molecule has 2 rings (SSSR count). The minimum atomic E-state index is -0.796. The summed E-state index contributed by atoms with van der Waals surface area (Å²) in [6.07, 6.45) is 2.01. The molecule has 7 nitrogen and oxygen atoms in total. The minimum Gasteiger partial charge on any atom is -0.392 e. The number of H-pyrrole nitrogens is 1. The molecular formula is C13H19ClN4O3. The number of aromatic nitrogens is 4. The average Bonchev–Trinajstić information content (AvgIpc) is 2.80. The van der Waals surface area contributed by atoms with Crippen molar-refractivity contribution < 1.29 is 5.11 Å². The largest absolute Gasteiger partial charge is 0.392 e. The third-order valence-electron chi connectivity index (χ3n) is 3.26. The molecule has 1 atom stereocenters. The quantitative estimate of drug-likeness (QED) is 0.617. The Balaban J connectivity index is 2.63. The van der Waals surface area contributed by atoms with Crippen molar-refractivity contribution in [3.8, 4) is 0 Å². The van der Waals surface area contributed by atoms with Crippen molar-refractivity contribution in [2.75, 3.05) is 0 Å². The van der Waals surface area contributed by atoms with Crippen LogP contribution in [0.5, 0.6) is 0 Å². The molecule has 8 heteroatoms. The standard InChI is InChI=1S/C13H19ClN4O3/c1-3-4-5-6-17-10-9(15-12(14)16-10)11(20)18(13(17)21)7-8(2)19/h8,19H,3-7H2,1-2H3,(H,15,16). The first kappa shape index (κ1) is 15.8. The molecule has 2 N–H and O–H groups in total. The third kappa shape index (κ3) is 3.19. The molecule has 2 aromatic rings. The van der Waals surface area contributed by atoms with E-state index < -0.39 is 17.4 Å². The zero-order chi connectivity index (χ0) is 15.6. The fourth-order valence-corrected chi connectivity index (χ4v) is 2.46. The third-order valence-corrected chi connectivity index (χ3v) is 3.44. The summed E-state index contributed by atoms with van der Waals surface area (Å²) in [5.41, 5.74) is -0.514. The van der Waals surface area contributed by atoms with Crippen LogP contribution in [0.15, 0.2) is 9.59 Å². The monoisotopic (exact) mass is 314 g/mol. The lowest BCUT2D eigenvalue weighted by molar-refractivity contribution is 0.169. The van der Waals surface area contributed by atoms with Gasteiger partial charge in [-0.3, -0.25) is 13.9 Å². The van der Waals surface area contributed by atoms with E-state index in [1.165, 1.54) is 11.5 Å². The normalized spacial score (nSPS) is 13.0. The Morgan fingerprint density at radius 1 is 1.33 bits per heavy atom. The van der Waals surface area contributed by atoms with Gasteiger partial charge in [-0.2, -0.15) is 4.98 Å². The van der Waals surface area contributed by atoms with Crippen molar-refractivity contribution in [2.24, 2.45) is 0 Å². The van der Waals surface area contributed by atoms with Crippen LogP contribution >= 0.6 is 11.6 Å². The Bertz CT molecular complexity index is 744. The highest BCUT2D eigenvalue weighted by molar-refractivity contribution is 6.28. The Morgan fingerprint density at radius 3 is 2.67 bits per heavy atom. The van der Waals surface area contributed by atoms with Crippen LogP contribution in [0.2, 0.25) is 5.28 Å². The molecule has 2 heterocycles. The molecule has 0 aliphatic rings. The van der Waals surface area contributed by atoms with Crippen LogP contribution in [0.4, 0.5) is 0 Å². The van der Waals surface area contributed by atoms with Gasteiger partial charge < -0.3 is 10.1 Å². The van der Waals surface area contributed by atoms with Crippen LogP contribution in [0, 0.1) is 0 Å². The number of rotatable bonds is 6. The summed E-state index contributed by atoms with van der Waals surface area (Å²) in [7, 11) is 0. The molecule has 0 aliphatic carbocycles. The van der Waals surface area contributed by atoms with E-state index in [4.69, 9.17) is 11.6 Å². The van der Waals surface area contributed by atoms with Crippen molar-refractivity contribution in [3.05, 3.63) is 26.1 Å². The summed E-state index contributed by atoms with van der Waals surface area (Å²) in [5.74, 6) is 0. The first-order valence-electron chi connectivity index (χ1n) is 7.02. The van der Waals surface area contributed by atoms with E-state index in [9.17, 15) is 14.7 Å². The average molecular weight is 315 g/mol. The summed E-state index contributed by atoms with van der Waals surface area (Å²) >= 11 is 5.82. The second kappa shape index (κ2) is 6.44. The number of fused-ring (bicyclic) bond motifs is 1. The summed E-state index contributed by atoms with van der Waals surface area (Å²) in [6, 6.07) is 0. The number of aliphatic hydroxyl groups is 1. The number of hydrogen-bond acceptors (Lipinski definition) is 4. The van der Waals surface area contributed by atoms with Gasteiger partial charge in [-0.25, -0.2) is 4.79 Å². The zero-order valence-corrected chi connectivity index (χ0v) is 12.9. The zero-order valence-electron chi connectivity index (χ0n) is 12.1. The maximum Gasteiger partial charge on any atom is 0.332 e. The van der Waals surface area contributed by atoms with Gasteiger partial charge in [0.15, 0.2) is 11.2 Å². The topological polar surface area (TPSA) is 92.9 Å². The van der Waals surface area contributed by atoms with E-state index in [1.54, 1.807) is 0 Å². The summed E-state index contributed by atoms with van der Waals surface area (Å²) in [6.45, 7) is 4.00. The molecule has 0 amide bonds. The van der Waals surface area contributed by atoms with Gasteiger partial charge in [0.25, 0.3) is 5.56 Å². The van der Waals surface area contributed by atoms with E-state index in [-0.39, 0.29) is 23.0 Å². The second-order valence-electron chi connectivity index (χ2n) is 5.13. The molecule has 0 aliphatic heterocycles. The number of aromatic amines is 1. The summed E-state index contributed by atoms with van der Waals surface area (Å²) < 4.78 is 2.46. The Labute approximate surface area is 126 Å². The van der Waals surface area contributed by atoms with Crippen LogP contribution in [0.3, 0.4) is 0 Å². The molecule has 0 fully saturated rings. The van der Waals surface area contributed by atoms with Gasteiger partial charge in [0.2, 0.25) is 5.28 Å². The molecule has 116 valence electrons. The van der Waals surface area contributed by atoms with Crippen molar-refractivity contribution in [1.82, 2.24) is 19.1 Å². The van der Waals surface area contributed by atoms with Crippen LogP contribution in [-0.4, -0.2) is 30.3 Å². The number of aliphatic hydroxyl groups excluding tert-OH is 1. The number of unbranched alkanes of at least 4 members (excludes halogenated alkanes) is 2. The molecule has 1 unspecified atom stereocenters. The van der Waals surface area contributed by atoms with Gasteiger partial charge >= 0.3 is 5.69 Å². The van der Waals surface area contributed by atoms with Gasteiger partial charge in [-0.05, 0) is 24.9 Å². The molecule has 0 saturated heterocycles. The Hall–Kier alpha value is -1.60. The maximum atomic E-state index is 12.5. The fraction of sp³-hybridized carbons (Fsp3) is 0.615. The number of nitrogens with zero attached hydrogens (tertiary/aromatic N) is 3. The lowest BCUT2D eigenvalue weighted by Gasteiger charge is -2.12. The molecule has 0 bridgehead atoms. The lowest BCUT2D eigenvalue weighted by atomic mass is 10.2. The number of halogens is 1. The van der Waals surface area contributed by atoms with Crippen LogP contribution in [0.25, 0.3) is 11.2 Å². The number of aryl methyl sites for hydroxylation is 1. The van der Waals surface area contributed by atoms with Gasteiger partial charge in [-0.15, -0.1) is 0 Å². The van der Waals surface area contributed by atoms with E-state index in [2.05, 4.69) is 16.9 Å². The van der Waals surface area contributed by atoms with Crippen molar-refractivity contribution in [3.63, 3.8) is 0 Å². The van der Waals surface area contributed by atoms with Gasteiger partial charge in [-0.1, -0.05) is 19.8 Å². The predicted octanol–water partition coefficient (Wildman–Crippen LogP) is 1.11. The van der Waals surface area contributed by atoms with Crippen LogP contribution < -0.4 is 11.2 Å². The van der Waals surface area contributed by atoms with Crippen molar-refractivity contribution in [2.45, 2.75) is 52.3 Å². The fourth-order valence-electron chi connectivity index (χ4n) is 2.29. The highest BCUT2D eigenvalue weighted by atomic mass is 35.5. The molecular weight excluding hydrogens is 296 g/mol. The number of nitrogens with one attached hydrogen (secondary N) is 1. The van der Waals surface area contributed by atoms with Crippen LogP contribution in [-0.2, 0) is 13.1 Å². The maximum absolute atomic E-state index is 12.5. The molecule has 0 spiro atoms. The smallest absolute Gasteiger partial charge is 0.332 e. The van der Waals surface area contributed by atoms with Gasteiger partial charge in [0.1, 0.15) is 0 Å². The highest BCUT2D eigenvalue weighted by Gasteiger charge is 2.17. The van der Waals surface area contributed by atoms with E-state index >= 15 is 0 Å². The van der Waals surface area contributed by atoms with Crippen molar-refractivity contribution >= 4 is 22.8 Å². The highest BCUT2D eigenvalue weighted by Crippen LogP contribution is 2.10. The first-order valence-corrected chi connectivity index (χ1v) is 7.40. The summed E-state index contributed by atoms with van der Waals surface area (Å²) in [4.78, 5) is 31.5. The molecule has 0 saturated carbocycles. The Kier molecular flexibility index (Phi) is 4.84. The molecule has 0 radical (unpaired) electrons. The Morgan fingerprint density at radius 2 is 2.05 bits per heavy atom. The first-order chi connectivity index (χ1) is 9.95. The minimum absolute atomic E-state index is 0.0575. The van der Waals surface area contributed by atoms with E-state index in [1.807, 2.05) is 0 Å². The SMILES string of the molecule is CCCCCn1c(=O)n(CC(C)O)c(=O)c2[nH]c(Cl)nc21. The lowest BCUT2D eigenvalue weighted by Crippen LogP contribution is -2.42. The van der Waals surface area contributed by atoms with E-state index in [0.29, 0.717) is 6.54 Å². The number of imidazole rings is 1. The molecule has 0 aromatic carbocycles. The number of hydrogen-bond donors (Lipinski definition) is 2. The van der Waals surface area contributed by atoms with Crippen LogP contribution in [0.1, 0.15) is 33.1 Å². The predicted molar refractivity (Wildman–Crippen MR) is 80.8 cm³/mol. The van der Waals surface area contributed by atoms with Crippen molar-refractivity contribution in [1.29, 1.82) is 0 Å². The molecule has 21 heavy (non-hydrogen) atoms. The molecule has 2 aromatic heterocycles. The van der Waals surface area contributed by atoms with Gasteiger partial charge in [0.05, 0.1) is 12.6 Å². The van der Waals surface area contributed by atoms with E-state index in [0.717, 1.165) is 23.8 Å².